The summed E-state index contributed by atoms with van der Waals surface area (Å²) in [5.41, 5.74) is 0. The maximum atomic E-state index is 11.8. The van der Waals surface area contributed by atoms with Crippen LogP contribution in [0.25, 0.3) is 0 Å². The maximum Gasteiger partial charge on any atom is 0.407 e. The van der Waals surface area contributed by atoms with Gasteiger partial charge in [-0.3, -0.25) is 4.79 Å². The van der Waals surface area contributed by atoms with Crippen LogP contribution in [0.4, 0.5) is 4.79 Å². The lowest BCUT2D eigenvalue weighted by atomic mass is 9.74. The van der Waals surface area contributed by atoms with Gasteiger partial charge in [-0.15, -0.1) is 0 Å². The van der Waals surface area contributed by atoms with E-state index in [-0.39, 0.29) is 24.1 Å². The van der Waals surface area contributed by atoms with Crippen molar-refractivity contribution in [2.75, 3.05) is 13.1 Å². The van der Waals surface area contributed by atoms with Gasteiger partial charge in [0, 0.05) is 19.0 Å². The fourth-order valence-electron chi connectivity index (χ4n) is 2.83. The van der Waals surface area contributed by atoms with E-state index in [0.717, 1.165) is 12.8 Å². The Morgan fingerprint density at radius 1 is 1.40 bits per heavy atom. The molecule has 1 unspecified atom stereocenters. The fraction of sp³-hybridized carbons (Fsp3) is 0.733. The quantitative estimate of drug-likeness (QED) is 0.801. The lowest BCUT2D eigenvalue weighted by molar-refractivity contribution is -0.125. The number of nitrogens with zero attached hydrogens (tertiary/aromatic N) is 1. The van der Waals surface area contributed by atoms with Gasteiger partial charge in [0.05, 0.1) is 6.54 Å². The molecule has 1 saturated heterocycles. The Labute approximate surface area is 120 Å². The largest absolute Gasteiger partial charge is 0.444 e. The molecule has 0 aromatic heterocycles. The van der Waals surface area contributed by atoms with Crippen molar-refractivity contribution in [2.24, 2.45) is 11.8 Å². The maximum absolute atomic E-state index is 11.8. The molecule has 0 spiro atoms. The summed E-state index contributed by atoms with van der Waals surface area (Å²) in [5, 5.41) is 2.90. The van der Waals surface area contributed by atoms with Gasteiger partial charge in [0.15, 0.2) is 0 Å². The minimum atomic E-state index is -0.352. The Hall–Kier alpha value is -1.52. The number of likely N-dealkylation sites (tertiary alicyclic amines) is 1. The Morgan fingerprint density at radius 3 is 2.70 bits per heavy atom. The third kappa shape index (κ3) is 3.52. The van der Waals surface area contributed by atoms with E-state index in [9.17, 15) is 9.59 Å². The number of carbonyl (C=O) groups is 2. The Bertz CT molecular complexity index is 389. The lowest BCUT2D eigenvalue weighted by Crippen LogP contribution is -2.46. The second-order valence-electron chi connectivity index (χ2n) is 6.12. The van der Waals surface area contributed by atoms with Gasteiger partial charge < -0.3 is 15.0 Å². The average Bonchev–Trinajstić information content (AvgIpc) is 2.80. The van der Waals surface area contributed by atoms with Crippen LogP contribution in [-0.4, -0.2) is 42.1 Å². The molecule has 2 amide bonds. The Balaban J connectivity index is 1.66. The van der Waals surface area contributed by atoms with Crippen LogP contribution in [0.5, 0.6) is 0 Å². The zero-order valence-electron chi connectivity index (χ0n) is 12.3. The first-order valence-electron chi connectivity index (χ1n) is 7.38. The van der Waals surface area contributed by atoms with Crippen LogP contribution in [0, 0.1) is 11.8 Å². The van der Waals surface area contributed by atoms with E-state index in [2.05, 4.69) is 25.7 Å². The van der Waals surface area contributed by atoms with Crippen LogP contribution in [0.15, 0.2) is 12.7 Å². The summed E-state index contributed by atoms with van der Waals surface area (Å²) in [4.78, 5) is 24.9. The first kappa shape index (κ1) is 14.9. The number of carbonyl (C=O) groups excluding carboxylic acids is 2. The highest BCUT2D eigenvalue weighted by atomic mass is 16.6. The van der Waals surface area contributed by atoms with Gasteiger partial charge in [-0.05, 0) is 30.8 Å². The predicted octanol–water partition coefficient (Wildman–Crippen LogP) is 1.93. The van der Waals surface area contributed by atoms with E-state index in [1.165, 1.54) is 6.08 Å². The number of rotatable bonds is 4. The smallest absolute Gasteiger partial charge is 0.407 e. The second-order valence-corrected chi connectivity index (χ2v) is 6.12. The summed E-state index contributed by atoms with van der Waals surface area (Å²) in [6, 6.07) is 0.252. The third-order valence-electron chi connectivity index (χ3n) is 4.34. The van der Waals surface area contributed by atoms with Crippen LogP contribution < -0.4 is 5.32 Å². The summed E-state index contributed by atoms with van der Waals surface area (Å²) in [7, 11) is 0. The van der Waals surface area contributed by atoms with Crippen LogP contribution in [0.3, 0.4) is 0 Å². The molecule has 1 heterocycles. The molecule has 2 fully saturated rings. The minimum absolute atomic E-state index is 0.102. The van der Waals surface area contributed by atoms with E-state index < -0.39 is 0 Å². The molecule has 1 saturated carbocycles. The molecule has 1 atom stereocenters. The molecule has 0 bridgehead atoms. The third-order valence-corrected chi connectivity index (χ3v) is 4.34. The first-order valence-corrected chi connectivity index (χ1v) is 7.38. The summed E-state index contributed by atoms with van der Waals surface area (Å²) < 4.78 is 5.36. The predicted molar refractivity (Wildman–Crippen MR) is 76.1 cm³/mol. The molecule has 5 nitrogen and oxygen atoms in total. The second kappa shape index (κ2) is 6.29. The van der Waals surface area contributed by atoms with Crippen molar-refractivity contribution in [3.63, 3.8) is 0 Å². The molecule has 0 aromatic carbocycles. The number of ether oxygens (including phenoxy) is 1. The normalized spacial score (nSPS) is 28.9. The number of hydrogen-bond donors (Lipinski definition) is 1. The molecule has 0 aromatic rings. The molecular formula is C15H24N2O3. The van der Waals surface area contributed by atoms with Crippen LogP contribution in [0.2, 0.25) is 0 Å². The topological polar surface area (TPSA) is 58.6 Å². The van der Waals surface area contributed by atoms with E-state index >= 15 is 0 Å². The number of amides is 2. The average molecular weight is 280 g/mol. The summed E-state index contributed by atoms with van der Waals surface area (Å²) in [5.74, 6) is 1.29. The fourth-order valence-corrected chi connectivity index (χ4v) is 2.83. The van der Waals surface area contributed by atoms with Crippen molar-refractivity contribution in [1.82, 2.24) is 10.2 Å². The SMILES string of the molecule is C=CC(=O)N1CCC(OC(=O)NC2CC(C(C)C)C2)C1. The first-order chi connectivity index (χ1) is 9.49. The van der Waals surface area contributed by atoms with Crippen LogP contribution in [0.1, 0.15) is 33.1 Å². The van der Waals surface area contributed by atoms with Crippen molar-refractivity contribution >= 4 is 12.0 Å². The minimum Gasteiger partial charge on any atom is -0.444 e. The highest BCUT2D eigenvalue weighted by molar-refractivity contribution is 5.87. The monoisotopic (exact) mass is 280 g/mol. The molecular weight excluding hydrogens is 256 g/mol. The summed E-state index contributed by atoms with van der Waals surface area (Å²) in [6.07, 6.45) is 3.53. The number of alkyl carbamates (subject to hydrolysis) is 1. The molecule has 112 valence electrons. The number of hydrogen-bond acceptors (Lipinski definition) is 3. The van der Waals surface area contributed by atoms with Gasteiger partial charge in [0.1, 0.15) is 6.10 Å². The van der Waals surface area contributed by atoms with Crippen molar-refractivity contribution in [3.05, 3.63) is 12.7 Å². The van der Waals surface area contributed by atoms with E-state index in [1.807, 2.05) is 0 Å². The molecule has 2 aliphatic rings. The molecule has 20 heavy (non-hydrogen) atoms. The van der Waals surface area contributed by atoms with Crippen molar-refractivity contribution in [1.29, 1.82) is 0 Å². The number of nitrogens with one attached hydrogen (secondary N) is 1. The lowest BCUT2D eigenvalue weighted by Gasteiger charge is -2.38. The van der Waals surface area contributed by atoms with Crippen LogP contribution >= 0.6 is 0 Å². The molecule has 1 aliphatic heterocycles. The van der Waals surface area contributed by atoms with Crippen molar-refractivity contribution in [2.45, 2.75) is 45.3 Å². The van der Waals surface area contributed by atoms with Gasteiger partial charge in [0.25, 0.3) is 0 Å². The molecule has 5 heteroatoms. The zero-order chi connectivity index (χ0) is 14.7. The van der Waals surface area contributed by atoms with Gasteiger partial charge in [-0.2, -0.15) is 0 Å². The molecule has 0 radical (unpaired) electrons. The van der Waals surface area contributed by atoms with E-state index in [0.29, 0.717) is 31.3 Å². The van der Waals surface area contributed by atoms with Gasteiger partial charge in [0.2, 0.25) is 5.91 Å². The van der Waals surface area contributed by atoms with Crippen LogP contribution in [-0.2, 0) is 9.53 Å². The summed E-state index contributed by atoms with van der Waals surface area (Å²) >= 11 is 0. The Kier molecular flexibility index (Phi) is 4.68. The van der Waals surface area contributed by atoms with Crippen molar-refractivity contribution in [3.8, 4) is 0 Å². The van der Waals surface area contributed by atoms with E-state index in [4.69, 9.17) is 4.74 Å². The summed E-state index contributed by atoms with van der Waals surface area (Å²) in [6.45, 7) is 8.98. The van der Waals surface area contributed by atoms with Gasteiger partial charge in [-0.1, -0.05) is 20.4 Å². The van der Waals surface area contributed by atoms with Gasteiger partial charge >= 0.3 is 6.09 Å². The Morgan fingerprint density at radius 2 is 2.10 bits per heavy atom. The zero-order valence-corrected chi connectivity index (χ0v) is 12.3. The molecule has 1 aliphatic carbocycles. The molecule has 1 N–H and O–H groups in total. The van der Waals surface area contributed by atoms with Crippen molar-refractivity contribution < 1.29 is 14.3 Å². The van der Waals surface area contributed by atoms with Gasteiger partial charge in [-0.25, -0.2) is 4.79 Å². The highest BCUT2D eigenvalue weighted by Gasteiger charge is 2.33. The van der Waals surface area contributed by atoms with E-state index in [1.54, 1.807) is 4.90 Å². The standard InChI is InChI=1S/C15H24N2O3/c1-4-14(18)17-6-5-13(9-17)20-15(19)16-12-7-11(8-12)10(2)3/h4,10-13H,1,5-9H2,2-3H3,(H,16,19). The highest BCUT2D eigenvalue weighted by Crippen LogP contribution is 2.33. The molecule has 2 rings (SSSR count).